The van der Waals surface area contributed by atoms with Gasteiger partial charge in [-0.25, -0.2) is 0 Å². The molecule has 2 aliphatic carbocycles. The summed E-state index contributed by atoms with van der Waals surface area (Å²) in [6, 6.07) is 0. The second kappa shape index (κ2) is 2.83. The Bertz CT molecular complexity index is 298. The molecule has 0 heterocycles. The van der Waals surface area contributed by atoms with Crippen LogP contribution >= 0.6 is 0 Å². The number of hydrogen-bond acceptors (Lipinski definition) is 1. The van der Waals surface area contributed by atoms with Gasteiger partial charge in [0, 0.05) is 6.42 Å². The third kappa shape index (κ3) is 1.27. The van der Waals surface area contributed by atoms with Crippen LogP contribution in [0.3, 0.4) is 0 Å². The molecule has 1 nitrogen and oxygen atoms in total. The molecule has 0 aromatic carbocycles. The number of carbonyl (C=O) groups is 1. The number of fused-ring (bicyclic) bond motifs is 1. The summed E-state index contributed by atoms with van der Waals surface area (Å²) in [5.74, 6) is 0.802. The first-order valence-electron chi connectivity index (χ1n) is 5.04. The number of ketones is 1. The Labute approximate surface area is 79.5 Å². The third-order valence-corrected chi connectivity index (χ3v) is 3.70. The van der Waals surface area contributed by atoms with E-state index < -0.39 is 0 Å². The highest BCUT2D eigenvalue weighted by Gasteiger charge is 2.38. The largest absolute Gasteiger partial charge is 0.295 e. The molecule has 0 spiro atoms. The highest BCUT2D eigenvalue weighted by Crippen LogP contribution is 2.47. The van der Waals surface area contributed by atoms with Gasteiger partial charge in [0.15, 0.2) is 5.78 Å². The average molecular weight is 176 g/mol. The van der Waals surface area contributed by atoms with Crippen LogP contribution in [-0.2, 0) is 4.79 Å². The molecule has 0 amide bonds. The number of carbonyl (C=O) groups excluding carboxylic acids is 1. The lowest BCUT2D eigenvalue weighted by Gasteiger charge is -2.41. The summed E-state index contributed by atoms with van der Waals surface area (Å²) in [5, 5.41) is 0. The molecule has 0 unspecified atom stereocenters. The third-order valence-electron chi connectivity index (χ3n) is 3.70. The standard InChI is InChI=1S/C12H16O/c1-9-7-11(13)8-10-5-3-4-6-12(9,10)2/h3,5,8-9H,4,6-7H2,1-2H3/t9-,12+/m1/s1. The molecule has 0 aromatic rings. The molecule has 0 aliphatic heterocycles. The predicted octanol–water partition coefficient (Wildman–Crippen LogP) is 2.88. The molecule has 0 saturated carbocycles. The fourth-order valence-corrected chi connectivity index (χ4v) is 2.43. The van der Waals surface area contributed by atoms with Crippen LogP contribution < -0.4 is 0 Å². The quantitative estimate of drug-likeness (QED) is 0.554. The Morgan fingerprint density at radius 2 is 2.31 bits per heavy atom. The summed E-state index contributed by atoms with van der Waals surface area (Å²) >= 11 is 0. The van der Waals surface area contributed by atoms with Gasteiger partial charge in [0.2, 0.25) is 0 Å². The lowest BCUT2D eigenvalue weighted by atomic mass is 9.63. The van der Waals surface area contributed by atoms with Crippen molar-refractivity contribution >= 4 is 5.78 Å². The van der Waals surface area contributed by atoms with Gasteiger partial charge in [0.1, 0.15) is 0 Å². The van der Waals surface area contributed by atoms with E-state index in [1.807, 2.05) is 6.08 Å². The summed E-state index contributed by atoms with van der Waals surface area (Å²) in [7, 11) is 0. The molecule has 0 fully saturated rings. The molecule has 0 N–H and O–H groups in total. The Morgan fingerprint density at radius 1 is 1.54 bits per heavy atom. The van der Waals surface area contributed by atoms with Gasteiger partial charge in [-0.15, -0.1) is 0 Å². The molecule has 2 rings (SSSR count). The maximum absolute atomic E-state index is 11.4. The molecular formula is C12H16O. The summed E-state index contributed by atoms with van der Waals surface area (Å²) < 4.78 is 0. The average Bonchev–Trinajstić information content (AvgIpc) is 2.07. The Morgan fingerprint density at radius 3 is 3.08 bits per heavy atom. The van der Waals surface area contributed by atoms with Gasteiger partial charge in [-0.3, -0.25) is 4.79 Å². The molecule has 13 heavy (non-hydrogen) atoms. The molecule has 70 valence electrons. The van der Waals surface area contributed by atoms with Crippen LogP contribution in [0.4, 0.5) is 0 Å². The highest BCUT2D eigenvalue weighted by molar-refractivity contribution is 5.92. The first kappa shape index (κ1) is 8.74. The first-order valence-corrected chi connectivity index (χ1v) is 5.04. The van der Waals surface area contributed by atoms with Gasteiger partial charge in [-0.1, -0.05) is 26.0 Å². The smallest absolute Gasteiger partial charge is 0.156 e. The van der Waals surface area contributed by atoms with Crippen molar-refractivity contribution in [3.05, 3.63) is 23.8 Å². The van der Waals surface area contributed by atoms with Crippen LogP contribution in [0.25, 0.3) is 0 Å². The van der Waals surface area contributed by atoms with E-state index in [0.29, 0.717) is 11.7 Å². The zero-order chi connectivity index (χ0) is 9.47. The van der Waals surface area contributed by atoms with Crippen molar-refractivity contribution in [3.63, 3.8) is 0 Å². The SMILES string of the molecule is C[C@@H]1CC(=O)C=C2C=CCC[C@]21C. The predicted molar refractivity (Wildman–Crippen MR) is 53.4 cm³/mol. The van der Waals surface area contributed by atoms with E-state index in [4.69, 9.17) is 0 Å². The minimum Gasteiger partial charge on any atom is -0.295 e. The van der Waals surface area contributed by atoms with E-state index in [9.17, 15) is 4.79 Å². The zero-order valence-electron chi connectivity index (χ0n) is 8.34. The van der Waals surface area contributed by atoms with Gasteiger partial charge in [0.25, 0.3) is 0 Å². The summed E-state index contributed by atoms with van der Waals surface area (Å²) in [5.41, 5.74) is 1.52. The first-order chi connectivity index (χ1) is 6.13. The number of hydrogen-bond donors (Lipinski definition) is 0. The fraction of sp³-hybridized carbons (Fsp3) is 0.583. The van der Waals surface area contributed by atoms with Crippen LogP contribution in [0.15, 0.2) is 23.8 Å². The summed E-state index contributed by atoms with van der Waals surface area (Å²) in [4.78, 5) is 11.4. The molecule has 2 atom stereocenters. The van der Waals surface area contributed by atoms with E-state index in [1.54, 1.807) is 0 Å². The lowest BCUT2D eigenvalue weighted by Crippen LogP contribution is -2.34. The molecule has 0 saturated heterocycles. The second-order valence-electron chi connectivity index (χ2n) is 4.53. The van der Waals surface area contributed by atoms with Crippen molar-refractivity contribution in [2.45, 2.75) is 33.1 Å². The van der Waals surface area contributed by atoms with Crippen LogP contribution in [0.2, 0.25) is 0 Å². The topological polar surface area (TPSA) is 17.1 Å². The van der Waals surface area contributed by atoms with E-state index in [2.05, 4.69) is 26.0 Å². The van der Waals surface area contributed by atoms with Crippen molar-refractivity contribution in [2.75, 3.05) is 0 Å². The Kier molecular flexibility index (Phi) is 1.90. The van der Waals surface area contributed by atoms with Crippen molar-refractivity contribution in [2.24, 2.45) is 11.3 Å². The van der Waals surface area contributed by atoms with Gasteiger partial charge in [0.05, 0.1) is 0 Å². The second-order valence-corrected chi connectivity index (χ2v) is 4.53. The van der Waals surface area contributed by atoms with Crippen LogP contribution in [0, 0.1) is 11.3 Å². The summed E-state index contributed by atoms with van der Waals surface area (Å²) in [6.45, 7) is 4.49. The molecule has 0 bridgehead atoms. The van der Waals surface area contributed by atoms with E-state index in [0.717, 1.165) is 12.8 Å². The van der Waals surface area contributed by atoms with Gasteiger partial charge in [-0.05, 0) is 35.8 Å². The molecule has 0 aromatic heterocycles. The van der Waals surface area contributed by atoms with E-state index in [1.165, 1.54) is 12.0 Å². The highest BCUT2D eigenvalue weighted by atomic mass is 16.1. The molecular weight excluding hydrogens is 160 g/mol. The Hall–Kier alpha value is -0.850. The van der Waals surface area contributed by atoms with Gasteiger partial charge < -0.3 is 0 Å². The normalized spacial score (nSPS) is 38.5. The van der Waals surface area contributed by atoms with Crippen molar-refractivity contribution < 1.29 is 4.79 Å². The minimum absolute atomic E-state index is 0.267. The maximum Gasteiger partial charge on any atom is 0.156 e. The van der Waals surface area contributed by atoms with Gasteiger partial charge >= 0.3 is 0 Å². The summed E-state index contributed by atoms with van der Waals surface area (Å²) in [6.07, 6.45) is 9.25. The number of rotatable bonds is 0. The minimum atomic E-state index is 0.267. The monoisotopic (exact) mass is 176 g/mol. The zero-order valence-corrected chi connectivity index (χ0v) is 8.34. The van der Waals surface area contributed by atoms with Crippen molar-refractivity contribution in [1.29, 1.82) is 0 Å². The molecule has 0 radical (unpaired) electrons. The van der Waals surface area contributed by atoms with Crippen LogP contribution in [-0.4, -0.2) is 5.78 Å². The molecule has 2 aliphatic rings. The van der Waals surface area contributed by atoms with E-state index >= 15 is 0 Å². The van der Waals surface area contributed by atoms with Gasteiger partial charge in [-0.2, -0.15) is 0 Å². The number of allylic oxidation sites excluding steroid dienone is 4. The lowest BCUT2D eigenvalue weighted by molar-refractivity contribution is -0.117. The Balaban J connectivity index is 2.45. The maximum atomic E-state index is 11.4. The van der Waals surface area contributed by atoms with E-state index in [-0.39, 0.29) is 5.41 Å². The van der Waals surface area contributed by atoms with Crippen LogP contribution in [0.1, 0.15) is 33.1 Å². The molecule has 1 heteroatoms. The van der Waals surface area contributed by atoms with Crippen molar-refractivity contribution in [1.82, 2.24) is 0 Å². The fourth-order valence-electron chi connectivity index (χ4n) is 2.43. The van der Waals surface area contributed by atoms with Crippen LogP contribution in [0.5, 0.6) is 0 Å². The van der Waals surface area contributed by atoms with Crippen molar-refractivity contribution in [3.8, 4) is 0 Å².